The molecule has 1 saturated carbocycles. The monoisotopic (exact) mass is 396 g/mol. The third kappa shape index (κ3) is 3.97. The SMILES string of the molecule is O=C(COC(=O)C1(c2ccccc2)CCC1)N1CCN(c2ccc(F)cc2)CC1. The second-order valence-electron chi connectivity index (χ2n) is 7.72. The third-order valence-corrected chi connectivity index (χ3v) is 6.08. The van der Waals surface area contributed by atoms with Crippen molar-refractivity contribution in [3.8, 4) is 0 Å². The van der Waals surface area contributed by atoms with Crippen LogP contribution in [0.1, 0.15) is 24.8 Å². The Morgan fingerprint density at radius 3 is 2.17 bits per heavy atom. The number of piperazine rings is 1. The Bertz CT molecular complexity index is 857. The highest BCUT2D eigenvalue weighted by molar-refractivity contribution is 5.87. The number of rotatable bonds is 5. The van der Waals surface area contributed by atoms with Crippen molar-refractivity contribution in [1.29, 1.82) is 0 Å². The van der Waals surface area contributed by atoms with Gasteiger partial charge < -0.3 is 14.5 Å². The van der Waals surface area contributed by atoms with Crippen LogP contribution in [0.2, 0.25) is 0 Å². The highest BCUT2D eigenvalue weighted by atomic mass is 19.1. The number of benzene rings is 2. The summed E-state index contributed by atoms with van der Waals surface area (Å²) in [5.74, 6) is -0.725. The minimum absolute atomic E-state index is 0.167. The van der Waals surface area contributed by atoms with Gasteiger partial charge in [-0.3, -0.25) is 9.59 Å². The molecular weight excluding hydrogens is 371 g/mol. The molecule has 1 aliphatic heterocycles. The molecule has 0 aromatic heterocycles. The van der Waals surface area contributed by atoms with Crippen LogP contribution < -0.4 is 4.90 Å². The Kier molecular flexibility index (Phi) is 5.51. The molecule has 0 spiro atoms. The molecule has 1 saturated heterocycles. The Morgan fingerprint density at radius 2 is 1.59 bits per heavy atom. The number of nitrogens with zero attached hydrogens (tertiary/aromatic N) is 2. The van der Waals surface area contributed by atoms with Gasteiger partial charge in [-0.25, -0.2) is 4.39 Å². The highest BCUT2D eigenvalue weighted by Gasteiger charge is 2.47. The number of hydrogen-bond acceptors (Lipinski definition) is 4. The van der Waals surface area contributed by atoms with E-state index in [4.69, 9.17) is 4.74 Å². The molecule has 1 amide bonds. The van der Waals surface area contributed by atoms with E-state index < -0.39 is 5.41 Å². The lowest BCUT2D eigenvalue weighted by atomic mass is 9.64. The lowest BCUT2D eigenvalue weighted by Gasteiger charge is -2.40. The normalized spacial score (nSPS) is 18.1. The van der Waals surface area contributed by atoms with Crippen molar-refractivity contribution < 1.29 is 18.7 Å². The van der Waals surface area contributed by atoms with Crippen molar-refractivity contribution in [2.45, 2.75) is 24.7 Å². The number of ether oxygens (including phenoxy) is 1. The van der Waals surface area contributed by atoms with Gasteiger partial charge in [0.2, 0.25) is 0 Å². The number of halogens is 1. The molecule has 152 valence electrons. The van der Waals surface area contributed by atoms with Gasteiger partial charge in [0.05, 0.1) is 5.41 Å². The van der Waals surface area contributed by atoms with Gasteiger partial charge >= 0.3 is 5.97 Å². The number of esters is 1. The fourth-order valence-electron chi connectivity index (χ4n) is 4.12. The van der Waals surface area contributed by atoms with Crippen LogP contribution in [0.5, 0.6) is 0 Å². The van der Waals surface area contributed by atoms with E-state index in [9.17, 15) is 14.0 Å². The first-order chi connectivity index (χ1) is 14.1. The quantitative estimate of drug-likeness (QED) is 0.729. The van der Waals surface area contributed by atoms with Gasteiger partial charge in [-0.1, -0.05) is 36.8 Å². The number of carbonyl (C=O) groups excluding carboxylic acids is 2. The fraction of sp³-hybridized carbons (Fsp3) is 0.391. The summed E-state index contributed by atoms with van der Waals surface area (Å²) in [6, 6.07) is 16.1. The molecule has 1 heterocycles. The van der Waals surface area contributed by atoms with Gasteiger partial charge in [-0.15, -0.1) is 0 Å². The molecular formula is C23H25FN2O3. The van der Waals surface area contributed by atoms with E-state index in [1.54, 1.807) is 17.0 Å². The third-order valence-electron chi connectivity index (χ3n) is 6.08. The van der Waals surface area contributed by atoms with Crippen molar-refractivity contribution in [1.82, 2.24) is 4.90 Å². The molecule has 6 heteroatoms. The maximum Gasteiger partial charge on any atom is 0.317 e. The molecule has 29 heavy (non-hydrogen) atoms. The predicted octanol–water partition coefficient (Wildman–Crippen LogP) is 3.14. The fourth-order valence-corrected chi connectivity index (χ4v) is 4.12. The van der Waals surface area contributed by atoms with Crippen LogP contribution in [-0.4, -0.2) is 49.6 Å². The number of amides is 1. The molecule has 0 atom stereocenters. The summed E-state index contributed by atoms with van der Waals surface area (Å²) in [6.45, 7) is 2.22. The molecule has 2 aliphatic rings. The maximum absolute atomic E-state index is 13.1. The topological polar surface area (TPSA) is 49.9 Å². The van der Waals surface area contributed by atoms with Crippen molar-refractivity contribution in [2.75, 3.05) is 37.7 Å². The van der Waals surface area contributed by atoms with Gasteiger partial charge in [0.15, 0.2) is 6.61 Å². The van der Waals surface area contributed by atoms with Gasteiger partial charge in [0.1, 0.15) is 5.82 Å². The first-order valence-corrected chi connectivity index (χ1v) is 10.1. The molecule has 2 aromatic carbocycles. The largest absolute Gasteiger partial charge is 0.455 e. The van der Waals surface area contributed by atoms with Gasteiger partial charge in [-0.05, 0) is 42.7 Å². The van der Waals surface area contributed by atoms with Gasteiger partial charge in [0.25, 0.3) is 5.91 Å². The van der Waals surface area contributed by atoms with Crippen LogP contribution >= 0.6 is 0 Å². The van der Waals surface area contributed by atoms with E-state index in [-0.39, 0.29) is 24.3 Å². The molecule has 5 nitrogen and oxygen atoms in total. The van der Waals surface area contributed by atoms with Crippen molar-refractivity contribution in [3.63, 3.8) is 0 Å². The van der Waals surface area contributed by atoms with Gasteiger partial charge in [-0.2, -0.15) is 0 Å². The molecule has 0 radical (unpaired) electrons. The van der Waals surface area contributed by atoms with E-state index in [0.717, 1.165) is 30.5 Å². The lowest BCUT2D eigenvalue weighted by molar-refractivity contribution is -0.160. The molecule has 1 aliphatic carbocycles. The predicted molar refractivity (Wildman–Crippen MR) is 108 cm³/mol. The first-order valence-electron chi connectivity index (χ1n) is 10.1. The summed E-state index contributed by atoms with van der Waals surface area (Å²) in [5, 5.41) is 0. The van der Waals surface area contributed by atoms with E-state index in [2.05, 4.69) is 4.90 Å². The van der Waals surface area contributed by atoms with Gasteiger partial charge in [0, 0.05) is 31.9 Å². The summed E-state index contributed by atoms with van der Waals surface area (Å²) in [7, 11) is 0. The molecule has 2 aromatic rings. The van der Waals surface area contributed by atoms with Crippen molar-refractivity contribution >= 4 is 17.6 Å². The van der Waals surface area contributed by atoms with E-state index >= 15 is 0 Å². The van der Waals surface area contributed by atoms with Crippen LogP contribution in [0.3, 0.4) is 0 Å². The minimum atomic E-state index is -0.594. The Morgan fingerprint density at radius 1 is 0.931 bits per heavy atom. The van der Waals surface area contributed by atoms with Crippen LogP contribution in [0.15, 0.2) is 54.6 Å². The Hall–Kier alpha value is -2.89. The van der Waals surface area contributed by atoms with E-state index in [0.29, 0.717) is 26.2 Å². The number of anilines is 1. The Labute approximate surface area is 170 Å². The average molecular weight is 396 g/mol. The standard InChI is InChI=1S/C23H25FN2O3/c24-19-7-9-20(10-8-19)25-13-15-26(16-14-25)21(27)17-29-22(28)23(11-4-12-23)18-5-2-1-3-6-18/h1-3,5-10H,4,11-17H2. The van der Waals surface area contributed by atoms with E-state index in [1.807, 2.05) is 30.3 Å². The highest BCUT2D eigenvalue weighted by Crippen LogP contribution is 2.44. The number of carbonyl (C=O) groups is 2. The second kappa shape index (κ2) is 8.23. The summed E-state index contributed by atoms with van der Waals surface area (Å²) in [4.78, 5) is 29.2. The molecule has 0 bridgehead atoms. The smallest absolute Gasteiger partial charge is 0.317 e. The average Bonchev–Trinajstić information content (AvgIpc) is 2.73. The summed E-state index contributed by atoms with van der Waals surface area (Å²) < 4.78 is 18.5. The maximum atomic E-state index is 13.1. The summed E-state index contributed by atoms with van der Waals surface area (Å²) in [5.41, 5.74) is 1.32. The molecule has 0 N–H and O–H groups in total. The first kappa shape index (κ1) is 19.4. The minimum Gasteiger partial charge on any atom is -0.455 e. The van der Waals surface area contributed by atoms with Crippen LogP contribution in [0, 0.1) is 5.82 Å². The molecule has 2 fully saturated rings. The zero-order valence-electron chi connectivity index (χ0n) is 16.4. The summed E-state index contributed by atoms with van der Waals surface area (Å²) in [6.07, 6.45) is 2.52. The lowest BCUT2D eigenvalue weighted by Crippen LogP contribution is -2.50. The van der Waals surface area contributed by atoms with E-state index in [1.165, 1.54) is 12.1 Å². The van der Waals surface area contributed by atoms with Crippen LogP contribution in [-0.2, 0) is 19.7 Å². The number of hydrogen-bond donors (Lipinski definition) is 0. The molecule has 0 unspecified atom stereocenters. The second-order valence-corrected chi connectivity index (χ2v) is 7.72. The summed E-state index contributed by atoms with van der Waals surface area (Å²) >= 11 is 0. The van der Waals surface area contributed by atoms with Crippen LogP contribution in [0.25, 0.3) is 0 Å². The zero-order valence-corrected chi connectivity index (χ0v) is 16.4. The van der Waals surface area contributed by atoms with Crippen molar-refractivity contribution in [3.05, 3.63) is 66.0 Å². The Balaban J connectivity index is 1.29. The molecule has 4 rings (SSSR count). The zero-order chi connectivity index (χ0) is 20.3. The van der Waals surface area contributed by atoms with Crippen LogP contribution in [0.4, 0.5) is 10.1 Å². The van der Waals surface area contributed by atoms with Crippen molar-refractivity contribution in [2.24, 2.45) is 0 Å².